The Balaban J connectivity index is 1.40. The van der Waals surface area contributed by atoms with Crippen LogP contribution < -0.4 is 4.57 Å². The number of imidazole rings is 1. The zero-order chi connectivity index (χ0) is 34.3. The maximum atomic E-state index is 2.60. The highest BCUT2D eigenvalue weighted by Crippen LogP contribution is 2.46. The second kappa shape index (κ2) is 11.7. The molecule has 0 atom stereocenters. The van der Waals surface area contributed by atoms with Gasteiger partial charge in [-0.15, -0.1) is 11.3 Å². The van der Waals surface area contributed by atoms with Gasteiger partial charge in [-0.25, -0.2) is 4.57 Å². The third kappa shape index (κ3) is 4.64. The van der Waals surface area contributed by atoms with Crippen molar-refractivity contribution >= 4 is 64.1 Å². The maximum absolute atomic E-state index is 2.60. The van der Waals surface area contributed by atoms with Crippen LogP contribution in [0.25, 0.3) is 81.0 Å². The van der Waals surface area contributed by atoms with Crippen LogP contribution in [0.5, 0.6) is 0 Å². The second-order valence-electron chi connectivity index (χ2n) is 14.5. The van der Waals surface area contributed by atoms with Gasteiger partial charge in [0.05, 0.1) is 17.3 Å². The largest absolute Gasteiger partial charge is 0.296 e. The predicted octanol–water partition coefficient (Wildman–Crippen LogP) is 13.0. The molecule has 0 radical (unpaired) electrons. The Bertz CT molecular complexity index is 2750. The van der Waals surface area contributed by atoms with Gasteiger partial charge in [0, 0.05) is 26.6 Å². The number of aromatic nitrogens is 2. The molecule has 2 nitrogen and oxygen atoms in total. The molecular formula is C47H41N2S+. The number of hydrogen-bond donors (Lipinski definition) is 0. The van der Waals surface area contributed by atoms with Crippen molar-refractivity contribution in [1.82, 2.24) is 4.57 Å². The number of rotatable bonds is 5. The lowest BCUT2D eigenvalue weighted by Gasteiger charge is -2.21. The minimum Gasteiger partial charge on any atom is -0.225 e. The van der Waals surface area contributed by atoms with Crippen LogP contribution in [-0.4, -0.2) is 4.57 Å². The molecule has 0 saturated heterocycles. The highest BCUT2D eigenvalue weighted by atomic mass is 32.1. The predicted molar refractivity (Wildman–Crippen MR) is 216 cm³/mol. The molecule has 0 unspecified atom stereocenters. The first-order chi connectivity index (χ1) is 24.3. The molecule has 9 rings (SSSR count). The van der Waals surface area contributed by atoms with Crippen LogP contribution in [0.3, 0.4) is 0 Å². The number of benzene rings is 7. The van der Waals surface area contributed by atoms with Crippen molar-refractivity contribution in [3.05, 3.63) is 144 Å². The van der Waals surface area contributed by atoms with E-state index in [1.165, 1.54) is 97.6 Å². The summed E-state index contributed by atoms with van der Waals surface area (Å²) in [6.45, 7) is 11.7. The lowest BCUT2D eigenvalue weighted by molar-refractivity contribution is -0.633. The summed E-state index contributed by atoms with van der Waals surface area (Å²) in [5, 5.41) is 7.87. The molecule has 0 aliphatic rings. The van der Waals surface area contributed by atoms with E-state index in [9.17, 15) is 0 Å². The quantitative estimate of drug-likeness (QED) is 0.128. The number of hydrogen-bond acceptors (Lipinski definition) is 1. The van der Waals surface area contributed by atoms with Crippen molar-refractivity contribution in [3.63, 3.8) is 0 Å². The topological polar surface area (TPSA) is 8.81 Å². The minimum atomic E-state index is 0.328. The third-order valence-corrected chi connectivity index (χ3v) is 11.9. The van der Waals surface area contributed by atoms with Gasteiger partial charge in [0.2, 0.25) is 0 Å². The molecular weight excluding hydrogens is 625 g/mol. The molecule has 50 heavy (non-hydrogen) atoms. The minimum absolute atomic E-state index is 0.328. The standard InChI is InChI=1S/C47H41N2S/c1-28(2)37-25-34(31-14-8-7-9-15-31)26-38(29(3)4)45(37)49-42-19-13-12-18-41(42)48(6)47(49)44-30(5)20-23-36-40-24-33-22-21-32-16-10-11-17-35(32)39(33)27-43(40)50-46(36)44/h7-29H,1-6H3/q+1. The van der Waals surface area contributed by atoms with Gasteiger partial charge in [-0.1, -0.05) is 119 Å². The molecule has 2 aromatic heterocycles. The van der Waals surface area contributed by atoms with E-state index in [1.54, 1.807) is 0 Å². The molecule has 2 heterocycles. The highest BCUT2D eigenvalue weighted by Gasteiger charge is 2.33. The second-order valence-corrected chi connectivity index (χ2v) is 15.5. The van der Waals surface area contributed by atoms with E-state index < -0.39 is 0 Å². The first-order valence-electron chi connectivity index (χ1n) is 17.8. The summed E-state index contributed by atoms with van der Waals surface area (Å²) in [5.74, 6) is 1.88. The van der Waals surface area contributed by atoms with Crippen LogP contribution >= 0.6 is 11.3 Å². The molecule has 3 heteroatoms. The first-order valence-corrected chi connectivity index (χ1v) is 18.6. The smallest absolute Gasteiger partial charge is 0.225 e. The van der Waals surface area contributed by atoms with Crippen molar-refractivity contribution in [2.24, 2.45) is 7.05 Å². The van der Waals surface area contributed by atoms with Crippen molar-refractivity contribution in [2.75, 3.05) is 0 Å². The van der Waals surface area contributed by atoms with Crippen LogP contribution in [0.2, 0.25) is 0 Å². The Morgan fingerprint density at radius 2 is 1.26 bits per heavy atom. The highest BCUT2D eigenvalue weighted by molar-refractivity contribution is 7.26. The van der Waals surface area contributed by atoms with E-state index in [0.717, 1.165) is 0 Å². The van der Waals surface area contributed by atoms with Gasteiger partial charge in [-0.2, -0.15) is 4.57 Å². The molecule has 0 N–H and O–H groups in total. The van der Waals surface area contributed by atoms with Gasteiger partial charge in [-0.05, 0) is 93.4 Å². The Morgan fingerprint density at radius 1 is 0.580 bits per heavy atom. The van der Waals surface area contributed by atoms with Gasteiger partial charge in [0.25, 0.3) is 5.82 Å². The summed E-state index contributed by atoms with van der Waals surface area (Å²) >= 11 is 1.94. The average Bonchev–Trinajstić information content (AvgIpc) is 3.64. The van der Waals surface area contributed by atoms with Gasteiger partial charge >= 0.3 is 0 Å². The van der Waals surface area contributed by atoms with Gasteiger partial charge in [-0.3, -0.25) is 0 Å². The zero-order valence-corrected chi connectivity index (χ0v) is 30.4. The summed E-state index contributed by atoms with van der Waals surface area (Å²) in [5.41, 5.74) is 11.7. The van der Waals surface area contributed by atoms with Gasteiger partial charge < -0.3 is 0 Å². The number of nitrogens with zero attached hydrogens (tertiary/aromatic N) is 2. The van der Waals surface area contributed by atoms with Gasteiger partial charge in [0.15, 0.2) is 11.0 Å². The SMILES string of the molecule is Cc1ccc2c(sc3cc4c(ccc5ccccc54)cc32)c1-c1n(-c2c(C(C)C)cc(-c3ccccc3)cc2C(C)C)c2ccccc2[n+]1C. The fourth-order valence-corrected chi connectivity index (χ4v) is 9.47. The molecule has 0 aliphatic heterocycles. The van der Waals surface area contributed by atoms with Crippen molar-refractivity contribution in [2.45, 2.75) is 46.5 Å². The monoisotopic (exact) mass is 665 g/mol. The van der Waals surface area contributed by atoms with Crippen LogP contribution in [-0.2, 0) is 7.05 Å². The number of para-hydroxylation sites is 2. The number of thiophene rings is 1. The number of aryl methyl sites for hydroxylation is 2. The van der Waals surface area contributed by atoms with Gasteiger partial charge in [0.1, 0.15) is 5.69 Å². The third-order valence-electron chi connectivity index (χ3n) is 10.7. The van der Waals surface area contributed by atoms with E-state index in [4.69, 9.17) is 0 Å². The van der Waals surface area contributed by atoms with E-state index in [2.05, 4.69) is 178 Å². The molecule has 0 spiro atoms. The molecule has 0 bridgehead atoms. The van der Waals surface area contributed by atoms with Crippen LogP contribution in [0, 0.1) is 6.92 Å². The van der Waals surface area contributed by atoms with E-state index in [-0.39, 0.29) is 0 Å². The Morgan fingerprint density at radius 3 is 2.02 bits per heavy atom. The van der Waals surface area contributed by atoms with Crippen molar-refractivity contribution in [3.8, 4) is 28.2 Å². The summed E-state index contributed by atoms with van der Waals surface area (Å²) < 4.78 is 7.71. The summed E-state index contributed by atoms with van der Waals surface area (Å²) in [4.78, 5) is 0. The Kier molecular flexibility index (Phi) is 7.19. The summed E-state index contributed by atoms with van der Waals surface area (Å²) in [7, 11) is 2.25. The van der Waals surface area contributed by atoms with Crippen LogP contribution in [0.4, 0.5) is 0 Å². The Hall–Kier alpha value is -5.25. The average molecular weight is 666 g/mol. The molecule has 0 aliphatic carbocycles. The van der Waals surface area contributed by atoms with Crippen molar-refractivity contribution in [1.29, 1.82) is 0 Å². The molecule has 7 aromatic carbocycles. The fourth-order valence-electron chi connectivity index (χ4n) is 8.15. The molecule has 0 fully saturated rings. The Labute approximate surface area is 297 Å². The molecule has 244 valence electrons. The summed E-state index contributed by atoms with van der Waals surface area (Å²) in [6, 6.07) is 47.5. The van der Waals surface area contributed by atoms with E-state index >= 15 is 0 Å². The fraction of sp³-hybridized carbons (Fsp3) is 0.170. The zero-order valence-electron chi connectivity index (χ0n) is 29.6. The van der Waals surface area contributed by atoms with E-state index in [1.807, 2.05) is 11.3 Å². The lowest BCUT2D eigenvalue weighted by Crippen LogP contribution is -2.30. The molecule has 0 amide bonds. The first kappa shape index (κ1) is 30.8. The normalized spacial score (nSPS) is 12.2. The van der Waals surface area contributed by atoms with Crippen LogP contribution in [0.15, 0.2) is 127 Å². The van der Waals surface area contributed by atoms with E-state index in [0.29, 0.717) is 11.8 Å². The summed E-state index contributed by atoms with van der Waals surface area (Å²) in [6.07, 6.45) is 0. The molecule has 9 aromatic rings. The maximum Gasteiger partial charge on any atom is 0.296 e. The van der Waals surface area contributed by atoms with Crippen molar-refractivity contribution < 1.29 is 4.57 Å². The lowest BCUT2D eigenvalue weighted by atomic mass is 9.88. The number of fused-ring (bicyclic) bond motifs is 7. The molecule has 0 saturated carbocycles. The van der Waals surface area contributed by atoms with Crippen LogP contribution in [0.1, 0.15) is 56.2 Å².